The second-order valence-corrected chi connectivity index (χ2v) is 6.63. The molecule has 6 nitrogen and oxygen atoms in total. The predicted octanol–water partition coefficient (Wildman–Crippen LogP) is 2.41. The Morgan fingerprint density at radius 1 is 1.00 bits per heavy atom. The van der Waals surface area contributed by atoms with Crippen LogP contribution in [-0.4, -0.2) is 45.7 Å². The van der Waals surface area contributed by atoms with Gasteiger partial charge in [-0.15, -0.1) is 0 Å². The van der Waals surface area contributed by atoms with Crippen molar-refractivity contribution in [3.05, 3.63) is 59.2 Å². The zero-order chi connectivity index (χ0) is 19.6. The molecule has 0 unspecified atom stereocenters. The molecule has 0 atom stereocenters. The molecule has 0 aliphatic carbocycles. The second-order valence-electron chi connectivity index (χ2n) is 6.63. The molecule has 0 aliphatic rings. The van der Waals surface area contributed by atoms with E-state index in [9.17, 15) is 0 Å². The maximum absolute atomic E-state index is 5.99. The lowest BCUT2D eigenvalue weighted by molar-refractivity contribution is 0.354. The van der Waals surface area contributed by atoms with Gasteiger partial charge >= 0.3 is 0 Å². The number of methoxy groups -OCH3 is 2. The minimum atomic E-state index is 0.452. The summed E-state index contributed by atoms with van der Waals surface area (Å²) < 4.78 is 10.6. The van der Waals surface area contributed by atoms with Gasteiger partial charge in [-0.1, -0.05) is 30.3 Å². The number of aliphatic imine (C=N–C) groups is 1. The summed E-state index contributed by atoms with van der Waals surface area (Å²) in [5.74, 6) is 1.91. The first-order valence-electron chi connectivity index (χ1n) is 8.99. The fourth-order valence-corrected chi connectivity index (χ4v) is 2.79. The molecule has 3 N–H and O–H groups in total. The average Bonchev–Trinajstić information content (AvgIpc) is 2.66. The van der Waals surface area contributed by atoms with Gasteiger partial charge < -0.3 is 25.4 Å². The molecular weight excluding hydrogens is 340 g/mol. The minimum absolute atomic E-state index is 0.452. The van der Waals surface area contributed by atoms with Crippen molar-refractivity contribution in [2.45, 2.75) is 19.5 Å². The number of ether oxygens (including phenoxy) is 2. The molecule has 2 rings (SSSR count). The molecule has 27 heavy (non-hydrogen) atoms. The van der Waals surface area contributed by atoms with E-state index in [4.69, 9.17) is 15.2 Å². The van der Waals surface area contributed by atoms with Gasteiger partial charge in [0.1, 0.15) is 0 Å². The fraction of sp³-hybridized carbons (Fsp3) is 0.381. The summed E-state index contributed by atoms with van der Waals surface area (Å²) in [5.41, 5.74) is 9.56. The van der Waals surface area contributed by atoms with E-state index in [0.29, 0.717) is 19.0 Å². The number of guanidine groups is 1. The first-order chi connectivity index (χ1) is 13.0. The fourth-order valence-electron chi connectivity index (χ4n) is 2.79. The maximum atomic E-state index is 5.99. The van der Waals surface area contributed by atoms with Gasteiger partial charge in [-0.3, -0.25) is 0 Å². The average molecular weight is 370 g/mol. The second kappa shape index (κ2) is 10.4. The van der Waals surface area contributed by atoms with Crippen LogP contribution in [-0.2, 0) is 19.5 Å². The lowest BCUT2D eigenvalue weighted by Gasteiger charge is -2.11. The van der Waals surface area contributed by atoms with Crippen molar-refractivity contribution in [2.75, 3.05) is 34.9 Å². The van der Waals surface area contributed by atoms with Gasteiger partial charge in [-0.25, -0.2) is 4.99 Å². The molecule has 2 aromatic rings. The third kappa shape index (κ3) is 6.83. The van der Waals surface area contributed by atoms with E-state index in [1.54, 1.807) is 14.2 Å². The molecule has 0 heterocycles. The van der Waals surface area contributed by atoms with E-state index in [1.165, 1.54) is 5.56 Å². The molecule has 2 aromatic carbocycles. The van der Waals surface area contributed by atoms with E-state index in [-0.39, 0.29) is 0 Å². The first-order valence-corrected chi connectivity index (χ1v) is 8.99. The molecule has 0 fully saturated rings. The Labute approximate surface area is 162 Å². The van der Waals surface area contributed by atoms with Crippen LogP contribution in [0.15, 0.2) is 47.5 Å². The number of hydrogen-bond donors (Lipinski definition) is 2. The molecule has 0 radical (unpaired) electrons. The highest BCUT2D eigenvalue weighted by atomic mass is 16.5. The number of nitrogens with two attached hydrogens (primary N) is 1. The van der Waals surface area contributed by atoms with Gasteiger partial charge in [0.25, 0.3) is 0 Å². The van der Waals surface area contributed by atoms with Crippen molar-refractivity contribution < 1.29 is 9.47 Å². The lowest BCUT2D eigenvalue weighted by atomic mass is 10.1. The van der Waals surface area contributed by atoms with Crippen LogP contribution in [0.4, 0.5) is 0 Å². The van der Waals surface area contributed by atoms with Crippen molar-refractivity contribution in [3.63, 3.8) is 0 Å². The monoisotopic (exact) mass is 370 g/mol. The Balaban J connectivity index is 1.84. The van der Waals surface area contributed by atoms with Crippen molar-refractivity contribution >= 4 is 5.96 Å². The molecule has 0 saturated heterocycles. The summed E-state index contributed by atoms with van der Waals surface area (Å²) >= 11 is 0. The van der Waals surface area contributed by atoms with Crippen molar-refractivity contribution in [2.24, 2.45) is 10.7 Å². The molecule has 0 amide bonds. The number of nitrogens with one attached hydrogen (secondary N) is 1. The first kappa shape index (κ1) is 20.6. The lowest BCUT2D eigenvalue weighted by Crippen LogP contribution is -2.33. The van der Waals surface area contributed by atoms with Crippen LogP contribution < -0.4 is 20.5 Å². The zero-order valence-corrected chi connectivity index (χ0v) is 16.7. The van der Waals surface area contributed by atoms with Crippen LogP contribution in [0.2, 0.25) is 0 Å². The molecule has 0 aliphatic heterocycles. The van der Waals surface area contributed by atoms with Crippen molar-refractivity contribution in [1.82, 2.24) is 10.2 Å². The van der Waals surface area contributed by atoms with Gasteiger partial charge in [0, 0.05) is 13.1 Å². The van der Waals surface area contributed by atoms with Crippen molar-refractivity contribution in [1.29, 1.82) is 0 Å². The Morgan fingerprint density at radius 2 is 1.74 bits per heavy atom. The molecule has 0 aromatic heterocycles. The van der Waals surface area contributed by atoms with Crippen molar-refractivity contribution in [3.8, 4) is 11.5 Å². The predicted molar refractivity (Wildman–Crippen MR) is 110 cm³/mol. The number of hydrogen-bond acceptors (Lipinski definition) is 4. The van der Waals surface area contributed by atoms with Gasteiger partial charge in [0.05, 0.1) is 20.8 Å². The molecule has 146 valence electrons. The topological polar surface area (TPSA) is 72.1 Å². The smallest absolute Gasteiger partial charge is 0.188 e. The molecule has 0 bridgehead atoms. The van der Waals surface area contributed by atoms with E-state index in [2.05, 4.69) is 53.6 Å². The summed E-state index contributed by atoms with van der Waals surface area (Å²) in [4.78, 5) is 6.58. The summed E-state index contributed by atoms with van der Waals surface area (Å²) in [6, 6.07) is 14.3. The van der Waals surface area contributed by atoms with Crippen LogP contribution in [0.25, 0.3) is 0 Å². The van der Waals surface area contributed by atoms with Crippen LogP contribution in [0.3, 0.4) is 0 Å². The summed E-state index contributed by atoms with van der Waals surface area (Å²) in [6.45, 7) is 2.18. The number of nitrogens with zero attached hydrogens (tertiary/aromatic N) is 2. The normalized spacial score (nSPS) is 11.5. The van der Waals surface area contributed by atoms with Gasteiger partial charge in [0.15, 0.2) is 17.5 Å². The highest BCUT2D eigenvalue weighted by molar-refractivity contribution is 5.77. The molecule has 0 spiro atoms. The largest absolute Gasteiger partial charge is 0.493 e. The number of benzene rings is 2. The van der Waals surface area contributed by atoms with Crippen LogP contribution >= 0.6 is 0 Å². The third-order valence-electron chi connectivity index (χ3n) is 4.09. The Hall–Kier alpha value is -2.73. The maximum Gasteiger partial charge on any atom is 0.188 e. The summed E-state index contributed by atoms with van der Waals surface area (Å²) in [6.07, 6.45) is 0.814. The van der Waals surface area contributed by atoms with Gasteiger partial charge in [-0.05, 0) is 49.3 Å². The van der Waals surface area contributed by atoms with Crippen LogP contribution in [0.1, 0.15) is 16.7 Å². The highest BCUT2D eigenvalue weighted by Crippen LogP contribution is 2.27. The quantitative estimate of drug-likeness (QED) is 0.524. The summed E-state index contributed by atoms with van der Waals surface area (Å²) in [5, 5.41) is 3.16. The Bertz CT molecular complexity index is 760. The standard InChI is InChI=1S/C21H30N4O2/c1-25(2)15-18-7-5-6-17(12-18)14-24-21(22)23-11-10-16-8-9-19(26-3)20(13-16)27-4/h5-9,12-13H,10-11,14-15H2,1-4H3,(H3,22,23,24). The Kier molecular flexibility index (Phi) is 7.95. The molecule has 0 saturated carbocycles. The summed E-state index contributed by atoms with van der Waals surface area (Å²) in [7, 11) is 7.39. The van der Waals surface area contributed by atoms with E-state index < -0.39 is 0 Å². The van der Waals surface area contributed by atoms with E-state index in [0.717, 1.165) is 35.6 Å². The molecule has 6 heteroatoms. The SMILES string of the molecule is COc1ccc(CCNC(N)=NCc2cccc(CN(C)C)c2)cc1OC. The van der Waals surface area contributed by atoms with Gasteiger partial charge in [-0.2, -0.15) is 0 Å². The zero-order valence-electron chi connectivity index (χ0n) is 16.7. The third-order valence-corrected chi connectivity index (χ3v) is 4.09. The van der Waals surface area contributed by atoms with E-state index in [1.807, 2.05) is 18.2 Å². The molecular formula is C21H30N4O2. The highest BCUT2D eigenvalue weighted by Gasteiger charge is 2.04. The van der Waals surface area contributed by atoms with Crippen LogP contribution in [0.5, 0.6) is 11.5 Å². The van der Waals surface area contributed by atoms with E-state index >= 15 is 0 Å². The minimum Gasteiger partial charge on any atom is -0.493 e. The number of rotatable bonds is 9. The Morgan fingerprint density at radius 3 is 2.44 bits per heavy atom. The van der Waals surface area contributed by atoms with Gasteiger partial charge in [0.2, 0.25) is 0 Å². The van der Waals surface area contributed by atoms with Crippen LogP contribution in [0, 0.1) is 0 Å².